The maximum Gasteiger partial charge on any atom is 0.322 e. The first-order chi connectivity index (χ1) is 13.2. The molecule has 27 heavy (non-hydrogen) atoms. The fourth-order valence-corrected chi connectivity index (χ4v) is 3.97. The Balaban J connectivity index is 1.36. The summed E-state index contributed by atoms with van der Waals surface area (Å²) in [5.41, 5.74) is 5.42. The molecule has 6 heteroatoms. The topological polar surface area (TPSA) is 60.6 Å². The quantitative estimate of drug-likeness (QED) is 0.695. The van der Waals surface area contributed by atoms with Gasteiger partial charge in [-0.05, 0) is 24.3 Å². The molecule has 0 bridgehead atoms. The SMILES string of the molecule is CN1CCOc2ccc(NC(=O)N3CCc4[nH]c5ccccc5c4C3)cc21. The molecule has 0 atom stereocenters. The van der Waals surface area contributed by atoms with Crippen LogP contribution in [0.3, 0.4) is 0 Å². The number of rotatable bonds is 1. The Bertz CT molecular complexity index is 1030. The van der Waals surface area contributed by atoms with Crippen molar-refractivity contribution in [3.63, 3.8) is 0 Å². The largest absolute Gasteiger partial charge is 0.490 e. The summed E-state index contributed by atoms with van der Waals surface area (Å²) in [5.74, 6) is 0.864. The molecule has 6 nitrogen and oxygen atoms in total. The van der Waals surface area contributed by atoms with Crippen LogP contribution >= 0.6 is 0 Å². The molecule has 2 amide bonds. The number of nitrogens with one attached hydrogen (secondary N) is 2. The van der Waals surface area contributed by atoms with Crippen LogP contribution in [0, 0.1) is 0 Å². The smallest absolute Gasteiger partial charge is 0.322 e. The number of likely N-dealkylation sites (N-methyl/N-ethyl adjacent to an activating group) is 1. The number of H-pyrrole nitrogens is 1. The average Bonchev–Trinajstić information content (AvgIpc) is 3.06. The van der Waals surface area contributed by atoms with Gasteiger partial charge in [0.1, 0.15) is 12.4 Å². The fraction of sp³-hybridized carbons (Fsp3) is 0.286. The van der Waals surface area contributed by atoms with Crippen LogP contribution in [0.25, 0.3) is 10.9 Å². The van der Waals surface area contributed by atoms with Crippen molar-refractivity contribution in [2.24, 2.45) is 0 Å². The summed E-state index contributed by atoms with van der Waals surface area (Å²) in [6, 6.07) is 14.0. The van der Waals surface area contributed by atoms with E-state index in [2.05, 4.69) is 27.3 Å². The lowest BCUT2D eigenvalue weighted by Gasteiger charge is -2.29. The van der Waals surface area contributed by atoms with Crippen LogP contribution in [0.1, 0.15) is 11.3 Å². The molecule has 3 heterocycles. The number of fused-ring (bicyclic) bond motifs is 4. The van der Waals surface area contributed by atoms with E-state index in [1.165, 1.54) is 16.6 Å². The van der Waals surface area contributed by atoms with Gasteiger partial charge in [-0.25, -0.2) is 4.79 Å². The maximum atomic E-state index is 12.8. The molecule has 3 aromatic rings. The molecule has 2 aliphatic rings. The van der Waals surface area contributed by atoms with E-state index >= 15 is 0 Å². The molecule has 0 unspecified atom stereocenters. The van der Waals surface area contributed by atoms with E-state index in [0.717, 1.165) is 35.6 Å². The monoisotopic (exact) mass is 362 g/mol. The highest BCUT2D eigenvalue weighted by Gasteiger charge is 2.24. The van der Waals surface area contributed by atoms with Gasteiger partial charge in [-0.2, -0.15) is 0 Å². The van der Waals surface area contributed by atoms with Crippen molar-refractivity contribution in [3.05, 3.63) is 53.7 Å². The van der Waals surface area contributed by atoms with Gasteiger partial charge in [-0.3, -0.25) is 0 Å². The third-order valence-corrected chi connectivity index (χ3v) is 5.48. The number of hydrogen-bond donors (Lipinski definition) is 2. The van der Waals surface area contributed by atoms with Crippen LogP contribution in [0.4, 0.5) is 16.2 Å². The molecule has 0 spiro atoms. The van der Waals surface area contributed by atoms with Crippen molar-refractivity contribution in [2.75, 3.05) is 37.0 Å². The number of aromatic amines is 1. The first-order valence-corrected chi connectivity index (χ1v) is 9.31. The van der Waals surface area contributed by atoms with Crippen molar-refractivity contribution in [1.29, 1.82) is 0 Å². The van der Waals surface area contributed by atoms with E-state index in [1.807, 2.05) is 42.3 Å². The second-order valence-electron chi connectivity index (χ2n) is 7.18. The zero-order valence-corrected chi connectivity index (χ0v) is 15.3. The van der Waals surface area contributed by atoms with E-state index in [4.69, 9.17) is 4.74 Å². The van der Waals surface area contributed by atoms with Gasteiger partial charge in [0.15, 0.2) is 0 Å². The number of anilines is 2. The van der Waals surface area contributed by atoms with Gasteiger partial charge in [0.05, 0.1) is 12.2 Å². The number of carbonyl (C=O) groups excluding carboxylic acids is 1. The highest BCUT2D eigenvalue weighted by Crippen LogP contribution is 2.33. The van der Waals surface area contributed by atoms with Gasteiger partial charge in [0, 0.05) is 54.4 Å². The molecule has 0 saturated carbocycles. The number of nitrogens with zero attached hydrogens (tertiary/aromatic N) is 2. The number of para-hydroxylation sites is 1. The predicted molar refractivity (Wildman–Crippen MR) is 107 cm³/mol. The molecular formula is C21H22N4O2. The van der Waals surface area contributed by atoms with E-state index < -0.39 is 0 Å². The Hall–Kier alpha value is -3.15. The standard InChI is InChI=1S/C21H22N4O2/c1-24-10-11-27-20-7-6-14(12-19(20)24)22-21(26)25-9-8-18-16(13-25)15-4-2-3-5-17(15)23-18/h2-7,12,23H,8-11,13H2,1H3,(H,22,26). The molecule has 2 aliphatic heterocycles. The van der Waals surface area contributed by atoms with Crippen LogP contribution in [0.5, 0.6) is 5.75 Å². The summed E-state index contributed by atoms with van der Waals surface area (Å²) in [6.45, 7) is 2.87. The summed E-state index contributed by atoms with van der Waals surface area (Å²) in [4.78, 5) is 20.4. The van der Waals surface area contributed by atoms with Gasteiger partial charge in [-0.15, -0.1) is 0 Å². The van der Waals surface area contributed by atoms with Crippen molar-refractivity contribution < 1.29 is 9.53 Å². The molecular weight excluding hydrogens is 340 g/mol. The molecule has 2 N–H and O–H groups in total. The third kappa shape index (κ3) is 2.77. The van der Waals surface area contributed by atoms with Gasteiger partial charge in [-0.1, -0.05) is 18.2 Å². The Labute approximate surface area is 157 Å². The van der Waals surface area contributed by atoms with E-state index in [9.17, 15) is 4.79 Å². The molecule has 0 radical (unpaired) electrons. The average molecular weight is 362 g/mol. The van der Waals surface area contributed by atoms with Crippen LogP contribution in [-0.2, 0) is 13.0 Å². The predicted octanol–water partition coefficient (Wildman–Crippen LogP) is 3.59. The number of urea groups is 1. The first kappa shape index (κ1) is 16.1. The molecule has 0 saturated heterocycles. The van der Waals surface area contributed by atoms with Gasteiger partial charge >= 0.3 is 6.03 Å². The number of carbonyl (C=O) groups is 1. The highest BCUT2D eigenvalue weighted by atomic mass is 16.5. The van der Waals surface area contributed by atoms with Crippen LogP contribution in [0.2, 0.25) is 0 Å². The molecule has 0 fully saturated rings. The summed E-state index contributed by atoms with van der Waals surface area (Å²) < 4.78 is 5.67. The summed E-state index contributed by atoms with van der Waals surface area (Å²) in [5, 5.41) is 4.25. The zero-order valence-electron chi connectivity index (χ0n) is 15.3. The van der Waals surface area contributed by atoms with Gasteiger partial charge in [0.2, 0.25) is 0 Å². The Morgan fingerprint density at radius 1 is 1.19 bits per heavy atom. The van der Waals surface area contributed by atoms with Crippen molar-refractivity contribution in [1.82, 2.24) is 9.88 Å². The van der Waals surface area contributed by atoms with Crippen molar-refractivity contribution >= 4 is 28.3 Å². The van der Waals surface area contributed by atoms with E-state index in [-0.39, 0.29) is 6.03 Å². The fourth-order valence-electron chi connectivity index (χ4n) is 3.97. The summed E-state index contributed by atoms with van der Waals surface area (Å²) >= 11 is 0. The van der Waals surface area contributed by atoms with Crippen LogP contribution in [0.15, 0.2) is 42.5 Å². The number of aromatic nitrogens is 1. The Morgan fingerprint density at radius 3 is 3.00 bits per heavy atom. The van der Waals surface area contributed by atoms with Crippen molar-refractivity contribution in [3.8, 4) is 5.75 Å². The molecule has 1 aromatic heterocycles. The minimum Gasteiger partial charge on any atom is -0.490 e. The molecule has 138 valence electrons. The van der Waals surface area contributed by atoms with Crippen LogP contribution < -0.4 is 15.0 Å². The van der Waals surface area contributed by atoms with Crippen LogP contribution in [-0.4, -0.2) is 42.7 Å². The first-order valence-electron chi connectivity index (χ1n) is 9.31. The third-order valence-electron chi connectivity index (χ3n) is 5.48. The number of ether oxygens (including phenoxy) is 1. The lowest BCUT2D eigenvalue weighted by Crippen LogP contribution is -2.38. The number of amides is 2. The Morgan fingerprint density at radius 2 is 2.07 bits per heavy atom. The zero-order chi connectivity index (χ0) is 18.4. The second kappa shape index (κ2) is 6.23. The minimum absolute atomic E-state index is 0.0646. The normalized spacial score (nSPS) is 15.9. The Kier molecular flexibility index (Phi) is 3.70. The maximum absolute atomic E-state index is 12.8. The van der Waals surface area contributed by atoms with Gasteiger partial charge in [0.25, 0.3) is 0 Å². The minimum atomic E-state index is -0.0646. The number of hydrogen-bond acceptors (Lipinski definition) is 3. The van der Waals surface area contributed by atoms with Crippen molar-refractivity contribution in [2.45, 2.75) is 13.0 Å². The molecule has 5 rings (SSSR count). The van der Waals surface area contributed by atoms with E-state index in [1.54, 1.807) is 0 Å². The van der Waals surface area contributed by atoms with Gasteiger partial charge < -0.3 is 24.8 Å². The highest BCUT2D eigenvalue weighted by molar-refractivity contribution is 5.91. The lowest BCUT2D eigenvalue weighted by molar-refractivity contribution is 0.206. The summed E-state index contributed by atoms with van der Waals surface area (Å²) in [7, 11) is 2.04. The lowest BCUT2D eigenvalue weighted by atomic mass is 10.0. The number of benzene rings is 2. The molecule has 0 aliphatic carbocycles. The second-order valence-corrected chi connectivity index (χ2v) is 7.18. The molecule has 2 aromatic carbocycles. The van der Waals surface area contributed by atoms with E-state index in [0.29, 0.717) is 19.7 Å². The summed E-state index contributed by atoms with van der Waals surface area (Å²) in [6.07, 6.45) is 0.845.